The van der Waals surface area contributed by atoms with E-state index in [2.05, 4.69) is 10.3 Å². The van der Waals surface area contributed by atoms with Crippen LogP contribution in [0.5, 0.6) is 0 Å². The molecular formula is C15H18N2O2S. The third-order valence-electron chi connectivity index (χ3n) is 3.14. The van der Waals surface area contributed by atoms with E-state index in [1.165, 1.54) is 6.26 Å². The summed E-state index contributed by atoms with van der Waals surface area (Å²) in [5.74, 6) is 0. The van der Waals surface area contributed by atoms with Crippen molar-refractivity contribution in [3.8, 4) is 0 Å². The van der Waals surface area contributed by atoms with Crippen LogP contribution in [-0.2, 0) is 16.4 Å². The molecule has 0 aliphatic heterocycles. The predicted molar refractivity (Wildman–Crippen MR) is 79.0 cm³/mol. The molecule has 20 heavy (non-hydrogen) atoms. The summed E-state index contributed by atoms with van der Waals surface area (Å²) in [6.45, 7) is 2.77. The third-order valence-corrected chi connectivity index (χ3v) is 4.27. The number of sulfone groups is 1. The Labute approximate surface area is 119 Å². The van der Waals surface area contributed by atoms with E-state index in [9.17, 15) is 8.42 Å². The molecule has 0 bridgehead atoms. The molecule has 0 aliphatic carbocycles. The Bertz CT molecular complexity index is 652. The maximum Gasteiger partial charge on any atom is 0.175 e. The summed E-state index contributed by atoms with van der Waals surface area (Å²) in [6, 6.07) is 11.0. The Morgan fingerprint density at radius 2 is 1.90 bits per heavy atom. The summed E-state index contributed by atoms with van der Waals surface area (Å²) in [4.78, 5) is 4.42. The van der Waals surface area contributed by atoms with Gasteiger partial charge in [-0.3, -0.25) is 4.98 Å². The van der Waals surface area contributed by atoms with Crippen molar-refractivity contribution >= 4 is 9.84 Å². The molecule has 1 heterocycles. The molecule has 1 aromatic carbocycles. The van der Waals surface area contributed by atoms with Crippen molar-refractivity contribution in [2.45, 2.75) is 24.4 Å². The van der Waals surface area contributed by atoms with E-state index in [-0.39, 0.29) is 6.04 Å². The van der Waals surface area contributed by atoms with Crippen LogP contribution in [0.4, 0.5) is 0 Å². The first-order valence-electron chi connectivity index (χ1n) is 6.39. The maximum absolute atomic E-state index is 11.4. The van der Waals surface area contributed by atoms with Crippen molar-refractivity contribution in [1.82, 2.24) is 10.3 Å². The van der Waals surface area contributed by atoms with Crippen LogP contribution in [0.25, 0.3) is 0 Å². The lowest BCUT2D eigenvalue weighted by atomic mass is 10.1. The SMILES string of the molecule is CC(NCc1cccnc1)c1ccc(S(C)(=O)=O)cc1. The third kappa shape index (κ3) is 3.88. The van der Waals surface area contributed by atoms with Gasteiger partial charge in [0.1, 0.15) is 0 Å². The molecule has 2 rings (SSSR count). The summed E-state index contributed by atoms with van der Waals surface area (Å²) in [6.07, 6.45) is 4.79. The minimum Gasteiger partial charge on any atom is -0.306 e. The van der Waals surface area contributed by atoms with Gasteiger partial charge in [0.2, 0.25) is 0 Å². The number of nitrogens with one attached hydrogen (secondary N) is 1. The van der Waals surface area contributed by atoms with Crippen LogP contribution in [-0.4, -0.2) is 19.7 Å². The highest BCUT2D eigenvalue weighted by Crippen LogP contribution is 2.16. The largest absolute Gasteiger partial charge is 0.306 e. The quantitative estimate of drug-likeness (QED) is 0.918. The van der Waals surface area contributed by atoms with E-state index >= 15 is 0 Å². The molecule has 0 radical (unpaired) electrons. The molecule has 2 aromatic rings. The number of aromatic nitrogens is 1. The van der Waals surface area contributed by atoms with Crippen LogP contribution < -0.4 is 5.32 Å². The van der Waals surface area contributed by atoms with Gasteiger partial charge in [0.05, 0.1) is 4.90 Å². The van der Waals surface area contributed by atoms with Gasteiger partial charge in [-0.2, -0.15) is 0 Å². The minimum absolute atomic E-state index is 0.142. The molecule has 0 spiro atoms. The lowest BCUT2D eigenvalue weighted by molar-refractivity contribution is 0.573. The predicted octanol–water partition coefficient (Wildman–Crippen LogP) is 2.34. The van der Waals surface area contributed by atoms with Crippen molar-refractivity contribution in [2.75, 3.05) is 6.26 Å². The van der Waals surface area contributed by atoms with Crippen LogP contribution in [0.3, 0.4) is 0 Å². The summed E-state index contributed by atoms with van der Waals surface area (Å²) < 4.78 is 22.8. The topological polar surface area (TPSA) is 59.1 Å². The van der Waals surface area contributed by atoms with E-state index in [4.69, 9.17) is 0 Å². The fourth-order valence-electron chi connectivity index (χ4n) is 1.90. The molecule has 0 saturated heterocycles. The van der Waals surface area contributed by atoms with Gasteiger partial charge in [0.25, 0.3) is 0 Å². The fourth-order valence-corrected chi connectivity index (χ4v) is 2.53. The van der Waals surface area contributed by atoms with Crippen molar-refractivity contribution in [2.24, 2.45) is 0 Å². The number of hydrogen-bond donors (Lipinski definition) is 1. The first-order valence-corrected chi connectivity index (χ1v) is 8.28. The number of hydrogen-bond acceptors (Lipinski definition) is 4. The number of benzene rings is 1. The van der Waals surface area contributed by atoms with Crippen molar-refractivity contribution in [1.29, 1.82) is 0 Å². The average molecular weight is 290 g/mol. The van der Waals surface area contributed by atoms with Gasteiger partial charge in [0, 0.05) is 31.2 Å². The smallest absolute Gasteiger partial charge is 0.175 e. The number of pyridine rings is 1. The Morgan fingerprint density at radius 1 is 1.20 bits per heavy atom. The molecular weight excluding hydrogens is 272 g/mol. The highest BCUT2D eigenvalue weighted by molar-refractivity contribution is 7.90. The zero-order valence-corrected chi connectivity index (χ0v) is 12.4. The average Bonchev–Trinajstić information content (AvgIpc) is 2.45. The van der Waals surface area contributed by atoms with E-state index in [0.29, 0.717) is 4.90 Å². The maximum atomic E-state index is 11.4. The molecule has 1 N–H and O–H groups in total. The van der Waals surface area contributed by atoms with Gasteiger partial charge < -0.3 is 5.32 Å². The van der Waals surface area contributed by atoms with Gasteiger partial charge in [-0.15, -0.1) is 0 Å². The van der Waals surface area contributed by atoms with Crippen LogP contribution in [0.15, 0.2) is 53.7 Å². The van der Waals surface area contributed by atoms with Crippen LogP contribution in [0, 0.1) is 0 Å². The minimum atomic E-state index is -3.13. The number of nitrogens with zero attached hydrogens (tertiary/aromatic N) is 1. The lowest BCUT2D eigenvalue weighted by Gasteiger charge is -2.14. The van der Waals surface area contributed by atoms with E-state index in [1.54, 1.807) is 18.3 Å². The summed E-state index contributed by atoms with van der Waals surface area (Å²) in [5, 5.41) is 3.38. The van der Waals surface area contributed by atoms with Gasteiger partial charge in [-0.05, 0) is 36.2 Å². The van der Waals surface area contributed by atoms with Crippen molar-refractivity contribution in [3.05, 3.63) is 59.9 Å². The second-order valence-electron chi connectivity index (χ2n) is 4.81. The Balaban J connectivity index is 2.01. The lowest BCUT2D eigenvalue weighted by Crippen LogP contribution is -2.18. The van der Waals surface area contributed by atoms with E-state index in [0.717, 1.165) is 17.7 Å². The Kier molecular flexibility index (Phi) is 4.52. The fraction of sp³-hybridized carbons (Fsp3) is 0.267. The monoisotopic (exact) mass is 290 g/mol. The molecule has 1 aromatic heterocycles. The molecule has 0 fully saturated rings. The van der Waals surface area contributed by atoms with Gasteiger partial charge in [-0.25, -0.2) is 8.42 Å². The standard InChI is InChI=1S/C15H18N2O2S/c1-12(17-11-13-4-3-9-16-10-13)14-5-7-15(8-6-14)20(2,18)19/h3-10,12,17H,11H2,1-2H3. The summed E-state index contributed by atoms with van der Waals surface area (Å²) in [7, 11) is -3.13. The van der Waals surface area contributed by atoms with E-state index in [1.807, 2.05) is 37.4 Å². The van der Waals surface area contributed by atoms with Gasteiger partial charge in [-0.1, -0.05) is 18.2 Å². The molecule has 5 heteroatoms. The van der Waals surface area contributed by atoms with Crippen LogP contribution >= 0.6 is 0 Å². The Hall–Kier alpha value is -1.72. The van der Waals surface area contributed by atoms with Crippen LogP contribution in [0.1, 0.15) is 24.1 Å². The summed E-state index contributed by atoms with van der Waals surface area (Å²) >= 11 is 0. The molecule has 0 saturated carbocycles. The normalized spacial score (nSPS) is 13.1. The molecule has 1 unspecified atom stereocenters. The van der Waals surface area contributed by atoms with Gasteiger partial charge >= 0.3 is 0 Å². The van der Waals surface area contributed by atoms with E-state index < -0.39 is 9.84 Å². The second-order valence-corrected chi connectivity index (χ2v) is 6.82. The highest BCUT2D eigenvalue weighted by Gasteiger charge is 2.09. The molecule has 0 amide bonds. The first-order chi connectivity index (χ1) is 9.47. The number of rotatable bonds is 5. The molecule has 106 valence electrons. The summed E-state index contributed by atoms with van der Waals surface area (Å²) in [5.41, 5.74) is 2.17. The molecule has 1 atom stereocenters. The van der Waals surface area contributed by atoms with Gasteiger partial charge in [0.15, 0.2) is 9.84 Å². The second kappa shape index (κ2) is 6.15. The highest BCUT2D eigenvalue weighted by atomic mass is 32.2. The first kappa shape index (κ1) is 14.7. The zero-order valence-electron chi connectivity index (χ0n) is 11.6. The Morgan fingerprint density at radius 3 is 2.45 bits per heavy atom. The molecule has 0 aliphatic rings. The van der Waals surface area contributed by atoms with Crippen molar-refractivity contribution < 1.29 is 8.42 Å². The van der Waals surface area contributed by atoms with Crippen LogP contribution in [0.2, 0.25) is 0 Å². The van der Waals surface area contributed by atoms with Crippen molar-refractivity contribution in [3.63, 3.8) is 0 Å². The molecule has 4 nitrogen and oxygen atoms in total. The zero-order chi connectivity index (χ0) is 14.6.